The number of amides is 1. The van der Waals surface area contributed by atoms with Crippen molar-refractivity contribution in [3.8, 4) is 5.69 Å². The Labute approximate surface area is 229 Å². The van der Waals surface area contributed by atoms with Crippen LogP contribution in [0.5, 0.6) is 0 Å². The first-order valence-corrected chi connectivity index (χ1v) is 13.1. The number of benzene rings is 3. The number of hydrogen-bond donors (Lipinski definition) is 2. The lowest BCUT2D eigenvalue weighted by atomic mass is 9.97. The first-order chi connectivity index (χ1) is 18.5. The van der Waals surface area contributed by atoms with E-state index in [2.05, 4.69) is 23.4 Å². The second-order valence-electron chi connectivity index (χ2n) is 10.6. The van der Waals surface area contributed by atoms with Crippen LogP contribution in [0.15, 0.2) is 78.9 Å². The van der Waals surface area contributed by atoms with Gasteiger partial charge in [0, 0.05) is 12.1 Å². The highest BCUT2D eigenvalue weighted by atomic mass is 16.6. The molecule has 202 valence electrons. The zero-order valence-corrected chi connectivity index (χ0v) is 23.1. The minimum Gasteiger partial charge on any atom is -0.444 e. The van der Waals surface area contributed by atoms with Gasteiger partial charge in [0.1, 0.15) is 17.4 Å². The quantitative estimate of drug-likeness (QED) is 0.253. The number of carbonyl (C=O) groups is 2. The van der Waals surface area contributed by atoms with E-state index in [1.807, 2.05) is 55.5 Å². The molecule has 1 unspecified atom stereocenters. The SMILES string of the molecule is CCc1cccc(-n2nc(C)cc2C(=O)Cc2cccc(C(O)c3cccc(NC(=O)OC(C)(C)C)c3)c2)c1. The molecule has 7 heteroatoms. The maximum absolute atomic E-state index is 13.4. The largest absolute Gasteiger partial charge is 0.444 e. The summed E-state index contributed by atoms with van der Waals surface area (Å²) in [4.78, 5) is 25.6. The summed E-state index contributed by atoms with van der Waals surface area (Å²) in [5, 5.41) is 18.4. The molecule has 39 heavy (non-hydrogen) atoms. The van der Waals surface area contributed by atoms with Crippen LogP contribution in [0.3, 0.4) is 0 Å². The van der Waals surface area contributed by atoms with Crippen LogP contribution in [-0.2, 0) is 17.6 Å². The number of hydrogen-bond acceptors (Lipinski definition) is 5. The van der Waals surface area contributed by atoms with Crippen molar-refractivity contribution in [2.75, 3.05) is 5.32 Å². The molecule has 0 aliphatic heterocycles. The van der Waals surface area contributed by atoms with Crippen LogP contribution in [0, 0.1) is 6.92 Å². The molecule has 2 N–H and O–H groups in total. The Morgan fingerprint density at radius 2 is 1.62 bits per heavy atom. The normalized spacial score (nSPS) is 12.2. The number of nitrogens with one attached hydrogen (secondary N) is 1. The van der Waals surface area contributed by atoms with Gasteiger partial charge in [-0.1, -0.05) is 55.5 Å². The van der Waals surface area contributed by atoms with E-state index in [0.717, 1.165) is 23.4 Å². The van der Waals surface area contributed by atoms with Gasteiger partial charge in [-0.05, 0) is 86.7 Å². The lowest BCUT2D eigenvalue weighted by Gasteiger charge is -2.20. The van der Waals surface area contributed by atoms with Crippen molar-refractivity contribution < 1.29 is 19.4 Å². The first-order valence-electron chi connectivity index (χ1n) is 13.1. The molecule has 1 aromatic heterocycles. The lowest BCUT2D eigenvalue weighted by Crippen LogP contribution is -2.27. The number of aliphatic hydroxyl groups excluding tert-OH is 1. The summed E-state index contributed by atoms with van der Waals surface area (Å²) in [6.45, 7) is 9.35. The number of aliphatic hydroxyl groups is 1. The van der Waals surface area contributed by atoms with Crippen LogP contribution in [0.2, 0.25) is 0 Å². The zero-order valence-electron chi connectivity index (χ0n) is 23.1. The standard InChI is InChI=1S/C32H35N3O4/c1-6-22-10-8-15-27(18-22)35-28(16-21(2)34-35)29(36)19-23-11-7-12-24(17-23)30(37)25-13-9-14-26(20-25)33-31(38)39-32(3,4)5/h7-18,20,30,37H,6,19H2,1-5H3,(H,33,38). The molecule has 0 bridgehead atoms. The molecule has 1 amide bonds. The number of aromatic nitrogens is 2. The Balaban J connectivity index is 1.52. The molecular weight excluding hydrogens is 490 g/mol. The summed E-state index contributed by atoms with van der Waals surface area (Å²) >= 11 is 0. The highest BCUT2D eigenvalue weighted by molar-refractivity contribution is 5.96. The van der Waals surface area contributed by atoms with Crippen LogP contribution >= 0.6 is 0 Å². The third kappa shape index (κ3) is 7.21. The molecule has 0 aliphatic carbocycles. The molecule has 0 radical (unpaired) electrons. The first kappa shape index (κ1) is 27.8. The summed E-state index contributed by atoms with van der Waals surface area (Å²) in [5.74, 6) is -0.0623. The number of anilines is 1. The molecule has 0 spiro atoms. The van der Waals surface area contributed by atoms with Gasteiger partial charge < -0.3 is 9.84 Å². The van der Waals surface area contributed by atoms with E-state index in [1.165, 1.54) is 5.56 Å². The van der Waals surface area contributed by atoms with Crippen molar-refractivity contribution >= 4 is 17.6 Å². The Kier molecular flexibility index (Phi) is 8.31. The van der Waals surface area contributed by atoms with Crippen molar-refractivity contribution in [2.24, 2.45) is 0 Å². The fourth-order valence-corrected chi connectivity index (χ4v) is 4.35. The number of ether oxygens (including phenoxy) is 1. The van der Waals surface area contributed by atoms with Crippen LogP contribution < -0.4 is 5.32 Å². The van der Waals surface area contributed by atoms with Gasteiger partial charge in [-0.3, -0.25) is 10.1 Å². The van der Waals surface area contributed by atoms with Crippen LogP contribution in [0.1, 0.15) is 72.2 Å². The molecule has 0 saturated carbocycles. The van der Waals surface area contributed by atoms with Gasteiger partial charge in [0.05, 0.1) is 11.4 Å². The topological polar surface area (TPSA) is 93.5 Å². The summed E-state index contributed by atoms with van der Waals surface area (Å²) in [5.41, 5.74) is 5.26. The molecule has 7 nitrogen and oxygen atoms in total. The maximum Gasteiger partial charge on any atom is 0.412 e. The highest BCUT2D eigenvalue weighted by Gasteiger charge is 2.19. The van der Waals surface area contributed by atoms with Gasteiger partial charge in [-0.15, -0.1) is 0 Å². The van der Waals surface area contributed by atoms with Crippen molar-refractivity contribution in [3.05, 3.63) is 113 Å². The molecule has 0 saturated heterocycles. The van der Waals surface area contributed by atoms with Crippen molar-refractivity contribution in [2.45, 2.75) is 59.2 Å². The number of ketones is 1. The van der Waals surface area contributed by atoms with Gasteiger partial charge in [0.25, 0.3) is 0 Å². The van der Waals surface area contributed by atoms with E-state index in [1.54, 1.807) is 49.7 Å². The van der Waals surface area contributed by atoms with Gasteiger partial charge in [0.15, 0.2) is 5.78 Å². The summed E-state index contributed by atoms with van der Waals surface area (Å²) < 4.78 is 7.02. The van der Waals surface area contributed by atoms with Crippen molar-refractivity contribution in [3.63, 3.8) is 0 Å². The average molecular weight is 526 g/mol. The molecule has 0 fully saturated rings. The van der Waals surface area contributed by atoms with Gasteiger partial charge in [0.2, 0.25) is 0 Å². The summed E-state index contributed by atoms with van der Waals surface area (Å²) in [6.07, 6.45) is -0.443. The van der Waals surface area contributed by atoms with E-state index < -0.39 is 17.8 Å². The monoisotopic (exact) mass is 525 g/mol. The average Bonchev–Trinajstić information content (AvgIpc) is 3.29. The van der Waals surface area contributed by atoms with Crippen molar-refractivity contribution in [1.82, 2.24) is 9.78 Å². The van der Waals surface area contributed by atoms with Crippen molar-refractivity contribution in [1.29, 1.82) is 0 Å². The fraction of sp³-hybridized carbons (Fsp3) is 0.281. The van der Waals surface area contributed by atoms with Crippen LogP contribution in [-0.4, -0.2) is 32.4 Å². The lowest BCUT2D eigenvalue weighted by molar-refractivity contribution is 0.0635. The Morgan fingerprint density at radius 1 is 0.949 bits per heavy atom. The molecule has 0 aliphatic rings. The number of nitrogens with zero attached hydrogens (tertiary/aromatic N) is 2. The minimum absolute atomic E-state index is 0.0623. The molecular formula is C32H35N3O4. The molecule has 1 heterocycles. The third-order valence-corrected chi connectivity index (χ3v) is 6.16. The number of Topliss-reactive ketones (excluding diaryl/α,β-unsaturated/α-hetero) is 1. The van der Waals surface area contributed by atoms with E-state index in [-0.39, 0.29) is 12.2 Å². The van der Waals surface area contributed by atoms with Gasteiger partial charge >= 0.3 is 6.09 Å². The molecule has 4 aromatic rings. The third-order valence-electron chi connectivity index (χ3n) is 6.16. The predicted octanol–water partition coefficient (Wildman–Crippen LogP) is 6.60. The minimum atomic E-state index is -0.940. The van der Waals surface area contributed by atoms with E-state index >= 15 is 0 Å². The van der Waals surface area contributed by atoms with Gasteiger partial charge in [-0.25, -0.2) is 9.48 Å². The van der Waals surface area contributed by atoms with E-state index in [4.69, 9.17) is 4.74 Å². The fourth-order valence-electron chi connectivity index (χ4n) is 4.35. The molecule has 4 rings (SSSR count). The van der Waals surface area contributed by atoms with Gasteiger partial charge in [-0.2, -0.15) is 5.10 Å². The second kappa shape index (κ2) is 11.7. The smallest absolute Gasteiger partial charge is 0.412 e. The van der Waals surface area contributed by atoms with Crippen LogP contribution in [0.25, 0.3) is 5.69 Å². The summed E-state index contributed by atoms with van der Waals surface area (Å²) in [6, 6.07) is 24.2. The number of rotatable bonds is 8. The Hall–Kier alpha value is -4.23. The van der Waals surface area contributed by atoms with E-state index in [0.29, 0.717) is 22.5 Å². The molecule has 1 atom stereocenters. The highest BCUT2D eigenvalue weighted by Crippen LogP contribution is 2.26. The maximum atomic E-state index is 13.4. The van der Waals surface area contributed by atoms with E-state index in [9.17, 15) is 14.7 Å². The zero-order chi connectivity index (χ0) is 28.2. The number of aryl methyl sites for hydroxylation is 2. The second-order valence-corrected chi connectivity index (χ2v) is 10.6. The Morgan fingerprint density at radius 3 is 2.33 bits per heavy atom. The predicted molar refractivity (Wildman–Crippen MR) is 153 cm³/mol. The molecule has 3 aromatic carbocycles. The Bertz CT molecular complexity index is 1480. The van der Waals surface area contributed by atoms with Crippen LogP contribution in [0.4, 0.5) is 10.5 Å². The number of carbonyl (C=O) groups excluding carboxylic acids is 2. The summed E-state index contributed by atoms with van der Waals surface area (Å²) in [7, 11) is 0.